The van der Waals surface area contributed by atoms with E-state index in [1.54, 1.807) is 19.9 Å². The summed E-state index contributed by atoms with van der Waals surface area (Å²) in [5.41, 5.74) is 0. The molecule has 5 nitrogen and oxygen atoms in total. The van der Waals surface area contributed by atoms with Crippen molar-refractivity contribution in [3.63, 3.8) is 0 Å². The van der Waals surface area contributed by atoms with Crippen LogP contribution in [0, 0.1) is 0 Å². The molecule has 1 aromatic rings. The van der Waals surface area contributed by atoms with Crippen LogP contribution in [0.1, 0.15) is 40.5 Å². The third kappa shape index (κ3) is 5.55. The Morgan fingerprint density at radius 3 is 2.14 bits per heavy atom. The normalized spacial score (nSPS) is 11.7. The van der Waals surface area contributed by atoms with E-state index in [1.807, 2.05) is 13.8 Å². The van der Waals surface area contributed by atoms with Crippen molar-refractivity contribution in [2.45, 2.75) is 51.5 Å². The summed E-state index contributed by atoms with van der Waals surface area (Å²) < 4.78 is 38.1. The molecule has 0 bridgehead atoms. The fraction of sp³-hybridized carbons (Fsp3) is 0.600. The van der Waals surface area contributed by atoms with Crippen molar-refractivity contribution in [3.8, 4) is 11.5 Å². The Morgan fingerprint density at radius 2 is 1.62 bits per heavy atom. The highest BCUT2D eigenvalue weighted by atomic mass is 32.2. The van der Waals surface area contributed by atoms with Crippen LogP contribution in [0.2, 0.25) is 0 Å². The maximum atomic E-state index is 12.2. The van der Waals surface area contributed by atoms with Crippen molar-refractivity contribution >= 4 is 10.0 Å². The van der Waals surface area contributed by atoms with Gasteiger partial charge in [0.05, 0.1) is 18.1 Å². The third-order valence-electron chi connectivity index (χ3n) is 2.54. The second-order valence-electron chi connectivity index (χ2n) is 5.08. The molecule has 0 fully saturated rings. The standard InChI is InChI=1S/C15H25NO4S/c1-5-9-19-14-8-7-13(11-15(14)20-10-6-2)21(17,18)16-12(3)4/h7-8,11-12,16H,5-6,9-10H2,1-4H3. The zero-order valence-corrected chi connectivity index (χ0v) is 14.0. The number of ether oxygens (including phenoxy) is 2. The predicted octanol–water partition coefficient (Wildman–Crippen LogP) is 2.95. The molecule has 0 aliphatic rings. The highest BCUT2D eigenvalue weighted by Crippen LogP contribution is 2.30. The van der Waals surface area contributed by atoms with Gasteiger partial charge in [-0.15, -0.1) is 0 Å². The van der Waals surface area contributed by atoms with E-state index in [-0.39, 0.29) is 10.9 Å². The number of benzene rings is 1. The molecule has 0 saturated carbocycles. The van der Waals surface area contributed by atoms with E-state index >= 15 is 0 Å². The van der Waals surface area contributed by atoms with Crippen LogP contribution >= 0.6 is 0 Å². The highest BCUT2D eigenvalue weighted by Gasteiger charge is 2.18. The Morgan fingerprint density at radius 1 is 1.05 bits per heavy atom. The van der Waals surface area contributed by atoms with Crippen LogP contribution in [0.3, 0.4) is 0 Å². The lowest BCUT2D eigenvalue weighted by Gasteiger charge is -2.15. The number of hydrogen-bond donors (Lipinski definition) is 1. The molecule has 120 valence electrons. The largest absolute Gasteiger partial charge is 0.490 e. The monoisotopic (exact) mass is 315 g/mol. The summed E-state index contributed by atoms with van der Waals surface area (Å²) in [5.74, 6) is 1.05. The molecule has 0 heterocycles. The lowest BCUT2D eigenvalue weighted by Crippen LogP contribution is -2.30. The minimum atomic E-state index is -3.53. The van der Waals surface area contributed by atoms with Crippen LogP contribution < -0.4 is 14.2 Å². The zero-order valence-electron chi connectivity index (χ0n) is 13.2. The van der Waals surface area contributed by atoms with E-state index in [1.165, 1.54) is 12.1 Å². The first-order chi connectivity index (χ1) is 9.90. The molecule has 0 spiro atoms. The maximum absolute atomic E-state index is 12.2. The summed E-state index contributed by atoms with van der Waals surface area (Å²) in [4.78, 5) is 0.186. The number of nitrogens with one attached hydrogen (secondary N) is 1. The summed E-state index contributed by atoms with van der Waals surface area (Å²) in [6.07, 6.45) is 1.72. The molecule has 1 aromatic carbocycles. The van der Waals surface area contributed by atoms with Gasteiger partial charge in [0.1, 0.15) is 0 Å². The van der Waals surface area contributed by atoms with Gasteiger partial charge in [0, 0.05) is 12.1 Å². The average molecular weight is 315 g/mol. The lowest BCUT2D eigenvalue weighted by molar-refractivity contribution is 0.267. The smallest absolute Gasteiger partial charge is 0.240 e. The van der Waals surface area contributed by atoms with Crippen LogP contribution in [0.25, 0.3) is 0 Å². The van der Waals surface area contributed by atoms with Gasteiger partial charge in [-0.3, -0.25) is 0 Å². The van der Waals surface area contributed by atoms with Gasteiger partial charge in [0.25, 0.3) is 0 Å². The second kappa shape index (κ2) is 8.24. The lowest BCUT2D eigenvalue weighted by atomic mass is 10.3. The topological polar surface area (TPSA) is 64.6 Å². The fourth-order valence-corrected chi connectivity index (χ4v) is 2.96. The van der Waals surface area contributed by atoms with E-state index in [0.29, 0.717) is 24.7 Å². The minimum Gasteiger partial charge on any atom is -0.490 e. The van der Waals surface area contributed by atoms with Gasteiger partial charge in [-0.25, -0.2) is 13.1 Å². The summed E-state index contributed by atoms with van der Waals surface area (Å²) in [6.45, 7) is 8.66. The molecule has 1 rings (SSSR count). The van der Waals surface area contributed by atoms with Gasteiger partial charge in [-0.2, -0.15) is 0 Å². The first-order valence-electron chi connectivity index (χ1n) is 7.32. The fourth-order valence-electron chi connectivity index (χ4n) is 1.69. The molecule has 0 atom stereocenters. The predicted molar refractivity (Wildman–Crippen MR) is 83.5 cm³/mol. The van der Waals surface area contributed by atoms with Crippen molar-refractivity contribution in [1.29, 1.82) is 0 Å². The van der Waals surface area contributed by atoms with Crippen molar-refractivity contribution in [2.75, 3.05) is 13.2 Å². The average Bonchev–Trinajstić information content (AvgIpc) is 2.41. The van der Waals surface area contributed by atoms with Crippen molar-refractivity contribution in [2.24, 2.45) is 0 Å². The Labute approximate surface area is 127 Å². The molecule has 0 saturated heterocycles. The van der Waals surface area contributed by atoms with Gasteiger partial charge < -0.3 is 9.47 Å². The van der Waals surface area contributed by atoms with E-state index in [0.717, 1.165) is 12.8 Å². The molecule has 21 heavy (non-hydrogen) atoms. The van der Waals surface area contributed by atoms with Gasteiger partial charge in [-0.05, 0) is 38.8 Å². The zero-order chi connectivity index (χ0) is 15.9. The minimum absolute atomic E-state index is 0.161. The molecule has 6 heteroatoms. The molecule has 0 amide bonds. The highest BCUT2D eigenvalue weighted by molar-refractivity contribution is 7.89. The Hall–Kier alpha value is -1.27. The molecule has 0 aliphatic heterocycles. The van der Waals surface area contributed by atoms with Crippen LogP contribution in [-0.2, 0) is 10.0 Å². The van der Waals surface area contributed by atoms with Crippen LogP contribution in [0.5, 0.6) is 11.5 Å². The first-order valence-corrected chi connectivity index (χ1v) is 8.81. The molecular formula is C15H25NO4S. The van der Waals surface area contributed by atoms with E-state index < -0.39 is 10.0 Å². The first kappa shape index (κ1) is 17.8. The Bertz CT molecular complexity index is 541. The maximum Gasteiger partial charge on any atom is 0.240 e. The summed E-state index contributed by atoms with van der Waals surface area (Å²) >= 11 is 0. The molecule has 0 radical (unpaired) electrons. The van der Waals surface area contributed by atoms with Gasteiger partial charge in [0.15, 0.2) is 11.5 Å². The molecule has 0 aromatic heterocycles. The van der Waals surface area contributed by atoms with Gasteiger partial charge >= 0.3 is 0 Å². The summed E-state index contributed by atoms with van der Waals surface area (Å²) in [5, 5.41) is 0. The molecular weight excluding hydrogens is 290 g/mol. The third-order valence-corrected chi connectivity index (χ3v) is 4.20. The quantitative estimate of drug-likeness (QED) is 0.761. The van der Waals surface area contributed by atoms with Crippen molar-refractivity contribution in [1.82, 2.24) is 4.72 Å². The SMILES string of the molecule is CCCOc1ccc(S(=O)(=O)NC(C)C)cc1OCCC. The van der Waals surface area contributed by atoms with Gasteiger partial charge in [-0.1, -0.05) is 13.8 Å². The van der Waals surface area contributed by atoms with Gasteiger partial charge in [0.2, 0.25) is 10.0 Å². The number of rotatable bonds is 9. The molecule has 1 N–H and O–H groups in total. The summed E-state index contributed by atoms with van der Waals surface area (Å²) in [6, 6.07) is 4.54. The molecule has 0 aliphatic carbocycles. The summed E-state index contributed by atoms with van der Waals surface area (Å²) in [7, 11) is -3.53. The number of hydrogen-bond acceptors (Lipinski definition) is 4. The van der Waals surface area contributed by atoms with E-state index in [9.17, 15) is 8.42 Å². The van der Waals surface area contributed by atoms with E-state index in [2.05, 4.69) is 4.72 Å². The van der Waals surface area contributed by atoms with Crippen molar-refractivity contribution in [3.05, 3.63) is 18.2 Å². The van der Waals surface area contributed by atoms with E-state index in [4.69, 9.17) is 9.47 Å². The van der Waals surface area contributed by atoms with Crippen LogP contribution in [-0.4, -0.2) is 27.7 Å². The second-order valence-corrected chi connectivity index (χ2v) is 6.80. The van der Waals surface area contributed by atoms with Crippen molar-refractivity contribution < 1.29 is 17.9 Å². The van der Waals surface area contributed by atoms with Crippen LogP contribution in [0.15, 0.2) is 23.1 Å². The number of sulfonamides is 1. The Balaban J connectivity index is 3.07. The van der Waals surface area contributed by atoms with Crippen LogP contribution in [0.4, 0.5) is 0 Å². The Kier molecular flexibility index (Phi) is 6.98. The molecule has 0 unspecified atom stereocenters.